The minimum Gasteiger partial charge on any atom is -0.508 e. The molecule has 4 aromatic rings. The number of nitrogens with zero attached hydrogens (tertiary/aromatic N) is 2. The van der Waals surface area contributed by atoms with E-state index in [2.05, 4.69) is 45.4 Å². The van der Waals surface area contributed by atoms with Crippen molar-refractivity contribution in [1.29, 1.82) is 0 Å². The molecule has 5 nitrogen and oxygen atoms in total. The van der Waals surface area contributed by atoms with Crippen molar-refractivity contribution >= 4 is 11.6 Å². The molecule has 4 aromatic carbocycles. The molecule has 1 heterocycles. The summed E-state index contributed by atoms with van der Waals surface area (Å²) in [5.74, 6) is 0.222. The second-order valence-corrected chi connectivity index (χ2v) is 9.67. The number of nitrogens with one attached hydrogen (secondary N) is 1. The molecule has 1 amide bonds. The van der Waals surface area contributed by atoms with Gasteiger partial charge in [0.2, 0.25) is 0 Å². The van der Waals surface area contributed by atoms with Gasteiger partial charge in [0.1, 0.15) is 5.75 Å². The second kappa shape index (κ2) is 11.9. The third-order valence-corrected chi connectivity index (χ3v) is 6.84. The number of phenols is 1. The van der Waals surface area contributed by atoms with Crippen molar-refractivity contribution in [1.82, 2.24) is 9.80 Å². The van der Waals surface area contributed by atoms with E-state index in [1.807, 2.05) is 66.7 Å². The molecule has 0 radical (unpaired) electrons. The number of benzene rings is 4. The van der Waals surface area contributed by atoms with E-state index in [1.54, 1.807) is 6.07 Å². The Morgan fingerprint density at radius 3 is 1.97 bits per heavy atom. The van der Waals surface area contributed by atoms with Gasteiger partial charge in [-0.05, 0) is 78.2 Å². The Morgan fingerprint density at radius 2 is 1.30 bits per heavy atom. The third kappa shape index (κ3) is 6.85. The molecule has 0 saturated carbocycles. The van der Waals surface area contributed by atoms with Gasteiger partial charge in [0, 0.05) is 37.4 Å². The van der Waals surface area contributed by atoms with Gasteiger partial charge >= 0.3 is 0 Å². The van der Waals surface area contributed by atoms with E-state index in [0.29, 0.717) is 11.3 Å². The van der Waals surface area contributed by atoms with Gasteiger partial charge in [-0.25, -0.2) is 0 Å². The van der Waals surface area contributed by atoms with Gasteiger partial charge in [-0.15, -0.1) is 0 Å². The molecular weight excluding hydrogens is 458 g/mol. The average molecular weight is 492 g/mol. The normalized spacial score (nSPS) is 14.7. The van der Waals surface area contributed by atoms with Crippen molar-refractivity contribution in [2.45, 2.75) is 19.5 Å². The quantitative estimate of drug-likeness (QED) is 0.332. The van der Waals surface area contributed by atoms with Crippen LogP contribution >= 0.6 is 0 Å². The van der Waals surface area contributed by atoms with Crippen LogP contribution in [0.1, 0.15) is 27.9 Å². The molecule has 0 atom stereocenters. The van der Waals surface area contributed by atoms with Crippen LogP contribution in [0.3, 0.4) is 0 Å². The van der Waals surface area contributed by atoms with Gasteiger partial charge in [-0.2, -0.15) is 0 Å². The van der Waals surface area contributed by atoms with Gasteiger partial charge in [0.15, 0.2) is 0 Å². The molecule has 0 bridgehead atoms. The lowest BCUT2D eigenvalue weighted by Crippen LogP contribution is -2.30. The average Bonchev–Trinajstić information content (AvgIpc) is 3.14. The number of rotatable bonds is 7. The fraction of sp³-hybridized carbons (Fsp3) is 0.219. The zero-order valence-corrected chi connectivity index (χ0v) is 21.0. The molecule has 5 heteroatoms. The number of phenolic OH excluding ortho intramolecular Hbond substituents is 1. The van der Waals surface area contributed by atoms with Gasteiger partial charge in [0.05, 0.1) is 0 Å². The maximum atomic E-state index is 12.9. The maximum absolute atomic E-state index is 12.9. The molecule has 188 valence electrons. The van der Waals surface area contributed by atoms with E-state index < -0.39 is 0 Å². The van der Waals surface area contributed by atoms with E-state index in [9.17, 15) is 9.90 Å². The molecule has 1 fully saturated rings. The van der Waals surface area contributed by atoms with Crippen LogP contribution in [0.4, 0.5) is 5.69 Å². The molecule has 1 aliphatic rings. The van der Waals surface area contributed by atoms with Crippen molar-refractivity contribution in [3.05, 3.63) is 120 Å². The van der Waals surface area contributed by atoms with E-state index >= 15 is 0 Å². The number of amides is 1. The number of anilines is 1. The van der Waals surface area contributed by atoms with Crippen molar-refractivity contribution < 1.29 is 9.90 Å². The Morgan fingerprint density at radius 1 is 0.676 bits per heavy atom. The smallest absolute Gasteiger partial charge is 0.255 e. The molecule has 1 aliphatic heterocycles. The first kappa shape index (κ1) is 24.8. The van der Waals surface area contributed by atoms with Crippen molar-refractivity contribution in [2.24, 2.45) is 0 Å². The summed E-state index contributed by atoms with van der Waals surface area (Å²) in [6.07, 6.45) is 1.11. The van der Waals surface area contributed by atoms with Crippen LogP contribution < -0.4 is 5.32 Å². The highest BCUT2D eigenvalue weighted by Crippen LogP contribution is 2.21. The molecular formula is C32H33N3O2. The molecule has 0 unspecified atom stereocenters. The first-order chi connectivity index (χ1) is 18.1. The first-order valence-electron chi connectivity index (χ1n) is 12.9. The van der Waals surface area contributed by atoms with Crippen LogP contribution in [0.25, 0.3) is 11.1 Å². The summed E-state index contributed by atoms with van der Waals surface area (Å²) in [6.45, 7) is 5.78. The monoisotopic (exact) mass is 491 g/mol. The largest absolute Gasteiger partial charge is 0.508 e. The number of carbonyl (C=O) groups excluding carboxylic acids is 1. The number of aromatic hydroxyl groups is 1. The summed E-state index contributed by atoms with van der Waals surface area (Å²) in [5.41, 5.74) is 6.03. The molecule has 0 spiro atoms. The molecule has 2 N–H and O–H groups in total. The molecule has 0 aromatic heterocycles. The van der Waals surface area contributed by atoms with Crippen LogP contribution in [0.15, 0.2) is 103 Å². The van der Waals surface area contributed by atoms with Gasteiger partial charge in [-0.3, -0.25) is 14.6 Å². The zero-order chi connectivity index (χ0) is 25.5. The summed E-state index contributed by atoms with van der Waals surface area (Å²) < 4.78 is 0. The predicted octanol–water partition coefficient (Wildman–Crippen LogP) is 6.02. The second-order valence-electron chi connectivity index (χ2n) is 9.67. The summed E-state index contributed by atoms with van der Waals surface area (Å²) in [5, 5.41) is 12.8. The minimum absolute atomic E-state index is 0.103. The van der Waals surface area contributed by atoms with E-state index in [4.69, 9.17) is 0 Å². The lowest BCUT2D eigenvalue weighted by molar-refractivity contribution is 0.102. The fourth-order valence-corrected chi connectivity index (χ4v) is 4.91. The summed E-state index contributed by atoms with van der Waals surface area (Å²) >= 11 is 0. The Hall–Kier alpha value is -3.93. The van der Waals surface area contributed by atoms with E-state index in [0.717, 1.165) is 68.1 Å². The van der Waals surface area contributed by atoms with E-state index in [1.165, 1.54) is 5.56 Å². The van der Waals surface area contributed by atoms with Crippen molar-refractivity contribution in [2.75, 3.05) is 31.5 Å². The van der Waals surface area contributed by atoms with Crippen LogP contribution in [0.5, 0.6) is 5.75 Å². The van der Waals surface area contributed by atoms with Crippen molar-refractivity contribution in [3.8, 4) is 16.9 Å². The molecule has 37 heavy (non-hydrogen) atoms. The van der Waals surface area contributed by atoms with E-state index in [-0.39, 0.29) is 5.91 Å². The number of hydrogen-bond donors (Lipinski definition) is 2. The van der Waals surface area contributed by atoms with Gasteiger partial charge < -0.3 is 10.4 Å². The summed E-state index contributed by atoms with van der Waals surface area (Å²) in [4.78, 5) is 17.8. The lowest BCUT2D eigenvalue weighted by atomic mass is 10.0. The van der Waals surface area contributed by atoms with Gasteiger partial charge in [-0.1, -0.05) is 66.7 Å². The van der Waals surface area contributed by atoms with Crippen LogP contribution in [0.2, 0.25) is 0 Å². The Labute approximate surface area is 219 Å². The molecule has 0 aliphatic carbocycles. The standard InChI is InChI=1S/C32H33N3O2/c36-31-12-5-8-26(22-31)24-35-18-6-17-34(19-20-35)23-25-7-4-11-30(21-25)33-32(37)29-15-13-28(14-16-29)27-9-2-1-3-10-27/h1-5,7-16,21-22,36H,6,17-20,23-24H2,(H,33,37). The van der Waals surface area contributed by atoms with Crippen LogP contribution in [-0.2, 0) is 13.1 Å². The lowest BCUT2D eigenvalue weighted by Gasteiger charge is -2.22. The predicted molar refractivity (Wildman–Crippen MR) is 150 cm³/mol. The Balaban J connectivity index is 1.16. The first-order valence-corrected chi connectivity index (χ1v) is 12.9. The van der Waals surface area contributed by atoms with Gasteiger partial charge in [0.25, 0.3) is 5.91 Å². The summed E-state index contributed by atoms with van der Waals surface area (Å²) in [7, 11) is 0. The zero-order valence-electron chi connectivity index (χ0n) is 21.0. The molecule has 5 rings (SSSR count). The third-order valence-electron chi connectivity index (χ3n) is 6.84. The molecule has 1 saturated heterocycles. The minimum atomic E-state index is -0.103. The fourth-order valence-electron chi connectivity index (χ4n) is 4.91. The highest BCUT2D eigenvalue weighted by Gasteiger charge is 2.16. The SMILES string of the molecule is O=C(Nc1cccc(CN2CCCN(Cc3cccc(O)c3)CC2)c1)c1ccc(-c2ccccc2)cc1. The number of hydrogen-bond acceptors (Lipinski definition) is 4. The Bertz CT molecular complexity index is 1320. The van der Waals surface area contributed by atoms with Crippen molar-refractivity contribution in [3.63, 3.8) is 0 Å². The Kier molecular flexibility index (Phi) is 7.94. The highest BCUT2D eigenvalue weighted by molar-refractivity contribution is 6.04. The highest BCUT2D eigenvalue weighted by atomic mass is 16.3. The number of carbonyl (C=O) groups is 1. The topological polar surface area (TPSA) is 55.8 Å². The van der Waals surface area contributed by atoms with Crippen LogP contribution in [0, 0.1) is 0 Å². The van der Waals surface area contributed by atoms with Crippen LogP contribution in [-0.4, -0.2) is 47.0 Å². The maximum Gasteiger partial charge on any atom is 0.255 e. The summed E-state index contributed by atoms with van der Waals surface area (Å²) in [6, 6.07) is 33.6.